The van der Waals surface area contributed by atoms with E-state index in [1.54, 1.807) is 12.1 Å². The topological polar surface area (TPSA) is 75.7 Å². The fraction of sp³-hybridized carbons (Fsp3) is 0.316. The summed E-state index contributed by atoms with van der Waals surface area (Å²) in [7, 11) is -3.53. The first-order valence-electron chi connectivity index (χ1n) is 8.47. The van der Waals surface area contributed by atoms with Crippen LogP contribution in [0.15, 0.2) is 36.4 Å². The van der Waals surface area contributed by atoms with Gasteiger partial charge in [-0.1, -0.05) is 17.7 Å². The van der Waals surface area contributed by atoms with Gasteiger partial charge in [-0.3, -0.25) is 9.10 Å². The predicted octanol–water partition coefficient (Wildman–Crippen LogP) is 3.51. The number of carbonyl (C=O) groups excluding carboxylic acids is 1. The molecule has 2 aromatic rings. The van der Waals surface area contributed by atoms with Crippen molar-refractivity contribution in [3.8, 4) is 5.75 Å². The van der Waals surface area contributed by atoms with Gasteiger partial charge in [0, 0.05) is 23.7 Å². The zero-order chi connectivity index (χ0) is 19.8. The molecule has 0 aromatic heterocycles. The number of halogens is 1. The van der Waals surface area contributed by atoms with Crippen LogP contribution in [0.3, 0.4) is 0 Å². The first-order valence-corrected chi connectivity index (χ1v) is 10.7. The Morgan fingerprint density at radius 3 is 2.59 bits per heavy atom. The molecule has 0 saturated carbocycles. The second-order valence-corrected chi connectivity index (χ2v) is 8.97. The molecule has 0 unspecified atom stereocenters. The van der Waals surface area contributed by atoms with Crippen molar-refractivity contribution in [2.45, 2.75) is 26.4 Å². The molecule has 6 nitrogen and oxygen atoms in total. The van der Waals surface area contributed by atoms with E-state index in [1.807, 2.05) is 32.0 Å². The maximum atomic E-state index is 12.7. The highest BCUT2D eigenvalue weighted by molar-refractivity contribution is 7.92. The minimum Gasteiger partial charge on any atom is -0.478 e. The van der Waals surface area contributed by atoms with Gasteiger partial charge >= 0.3 is 0 Å². The van der Waals surface area contributed by atoms with Gasteiger partial charge in [-0.15, -0.1) is 0 Å². The summed E-state index contributed by atoms with van der Waals surface area (Å²) in [5, 5.41) is 3.24. The van der Waals surface area contributed by atoms with Crippen molar-refractivity contribution in [3.63, 3.8) is 0 Å². The van der Waals surface area contributed by atoms with Crippen molar-refractivity contribution in [1.29, 1.82) is 0 Å². The number of ether oxygens (including phenoxy) is 1. The Hall–Kier alpha value is -2.25. The highest BCUT2D eigenvalue weighted by Gasteiger charge is 2.31. The lowest BCUT2D eigenvalue weighted by Crippen LogP contribution is -2.36. The summed E-state index contributed by atoms with van der Waals surface area (Å²) >= 11 is 6.02. The number of rotatable bonds is 3. The fourth-order valence-electron chi connectivity index (χ4n) is 2.92. The van der Waals surface area contributed by atoms with Crippen molar-refractivity contribution >= 4 is 38.9 Å². The van der Waals surface area contributed by atoms with Crippen LogP contribution in [0.2, 0.25) is 5.02 Å². The second kappa shape index (κ2) is 7.40. The molecule has 1 atom stereocenters. The Morgan fingerprint density at radius 1 is 1.19 bits per heavy atom. The lowest BCUT2D eigenvalue weighted by Gasteiger charge is -2.21. The summed E-state index contributed by atoms with van der Waals surface area (Å²) in [4.78, 5) is 12.7. The Labute approximate surface area is 164 Å². The number of aryl methyl sites for hydroxylation is 2. The highest BCUT2D eigenvalue weighted by Crippen LogP contribution is 2.36. The molecule has 1 aliphatic rings. The summed E-state index contributed by atoms with van der Waals surface area (Å²) in [6.07, 6.45) is 0.515. The zero-order valence-electron chi connectivity index (χ0n) is 15.3. The monoisotopic (exact) mass is 408 g/mol. The third-order valence-electron chi connectivity index (χ3n) is 4.52. The Morgan fingerprint density at radius 2 is 1.93 bits per heavy atom. The van der Waals surface area contributed by atoms with E-state index in [1.165, 1.54) is 10.4 Å². The third kappa shape index (κ3) is 4.36. The fourth-order valence-corrected chi connectivity index (χ4v) is 4.03. The molecule has 0 fully saturated rings. The molecule has 0 spiro atoms. The molecule has 8 heteroatoms. The van der Waals surface area contributed by atoms with Gasteiger partial charge in [-0.25, -0.2) is 8.42 Å². The average molecular weight is 409 g/mol. The molecule has 2 aromatic carbocycles. The Balaban J connectivity index is 1.87. The molecule has 0 bridgehead atoms. The maximum Gasteiger partial charge on any atom is 0.265 e. The van der Waals surface area contributed by atoms with E-state index in [0.717, 1.165) is 17.4 Å². The molecule has 144 valence electrons. The average Bonchev–Trinajstić information content (AvgIpc) is 2.77. The predicted molar refractivity (Wildman–Crippen MR) is 107 cm³/mol. The van der Waals surface area contributed by atoms with Crippen molar-refractivity contribution in [1.82, 2.24) is 0 Å². The van der Waals surface area contributed by atoms with Crippen LogP contribution in [0.4, 0.5) is 11.4 Å². The van der Waals surface area contributed by atoms with E-state index in [-0.39, 0.29) is 18.9 Å². The molecule has 0 aliphatic carbocycles. The number of anilines is 2. The zero-order valence-corrected chi connectivity index (χ0v) is 16.9. The summed E-state index contributed by atoms with van der Waals surface area (Å²) in [5.74, 6) is -0.0166. The number of amides is 1. The van der Waals surface area contributed by atoms with Gasteiger partial charge < -0.3 is 10.1 Å². The second-order valence-electron chi connectivity index (χ2n) is 6.63. The van der Waals surface area contributed by atoms with Crippen molar-refractivity contribution in [2.75, 3.05) is 22.4 Å². The van der Waals surface area contributed by atoms with Gasteiger partial charge in [-0.05, 0) is 55.3 Å². The summed E-state index contributed by atoms with van der Waals surface area (Å²) in [6.45, 7) is 4.09. The van der Waals surface area contributed by atoms with Gasteiger partial charge in [-0.2, -0.15) is 0 Å². The first kappa shape index (κ1) is 19.5. The molecule has 1 aliphatic heterocycles. The SMILES string of the molecule is Cc1ccc(NC(=O)[C@@H]2CCN(S(C)(=O)=O)c3cc(Cl)ccc3O2)cc1C. The number of sulfonamides is 1. The number of carbonyl (C=O) groups is 1. The number of nitrogens with one attached hydrogen (secondary N) is 1. The summed E-state index contributed by atoms with van der Waals surface area (Å²) in [6, 6.07) is 10.4. The van der Waals surface area contributed by atoms with Gasteiger partial charge in [0.25, 0.3) is 5.91 Å². The molecule has 3 rings (SSSR count). The van der Waals surface area contributed by atoms with Crippen LogP contribution in [0.5, 0.6) is 5.75 Å². The van der Waals surface area contributed by atoms with Gasteiger partial charge in [0.15, 0.2) is 6.10 Å². The van der Waals surface area contributed by atoms with Crippen LogP contribution >= 0.6 is 11.6 Å². The smallest absolute Gasteiger partial charge is 0.265 e. The van der Waals surface area contributed by atoms with Crippen LogP contribution in [-0.2, 0) is 14.8 Å². The number of hydrogen-bond donors (Lipinski definition) is 1. The standard InChI is InChI=1S/C19H21ClN2O4S/c1-12-4-6-15(10-13(12)2)21-19(23)18-8-9-22(27(3,24)25)16-11-14(20)5-7-17(16)26-18/h4-7,10-11,18H,8-9H2,1-3H3,(H,21,23)/t18-/m0/s1. The molecule has 1 amide bonds. The lowest BCUT2D eigenvalue weighted by molar-refractivity contribution is -0.122. The first-order chi connectivity index (χ1) is 12.6. The van der Waals surface area contributed by atoms with Crippen molar-refractivity contribution in [2.24, 2.45) is 0 Å². The minimum absolute atomic E-state index is 0.122. The molecule has 1 heterocycles. The molecule has 0 saturated heterocycles. The number of fused-ring (bicyclic) bond motifs is 1. The van der Waals surface area contributed by atoms with Crippen LogP contribution in [0.1, 0.15) is 17.5 Å². The Kier molecular flexibility index (Phi) is 5.35. The molecular weight excluding hydrogens is 388 g/mol. The number of nitrogens with zero attached hydrogens (tertiary/aromatic N) is 1. The van der Waals surface area contributed by atoms with E-state index < -0.39 is 16.1 Å². The lowest BCUT2D eigenvalue weighted by atomic mass is 10.1. The normalized spacial score (nSPS) is 16.9. The van der Waals surface area contributed by atoms with Gasteiger partial charge in [0.2, 0.25) is 10.0 Å². The van der Waals surface area contributed by atoms with Crippen molar-refractivity contribution in [3.05, 3.63) is 52.5 Å². The van der Waals surface area contributed by atoms with E-state index in [0.29, 0.717) is 22.1 Å². The minimum atomic E-state index is -3.53. The van der Waals surface area contributed by atoms with Gasteiger partial charge in [0.05, 0.1) is 11.9 Å². The summed E-state index contributed by atoms with van der Waals surface area (Å²) < 4.78 is 31.4. The third-order valence-corrected chi connectivity index (χ3v) is 5.94. The van der Waals surface area contributed by atoms with Crippen LogP contribution in [-0.4, -0.2) is 33.2 Å². The van der Waals surface area contributed by atoms with Crippen molar-refractivity contribution < 1.29 is 17.9 Å². The molecule has 27 heavy (non-hydrogen) atoms. The highest BCUT2D eigenvalue weighted by atomic mass is 35.5. The van der Waals surface area contributed by atoms with Crippen LogP contribution in [0, 0.1) is 13.8 Å². The molecule has 1 N–H and O–H groups in total. The van der Waals surface area contributed by atoms with E-state index >= 15 is 0 Å². The largest absolute Gasteiger partial charge is 0.478 e. The molecule has 0 radical (unpaired) electrons. The summed E-state index contributed by atoms with van der Waals surface area (Å²) in [5.41, 5.74) is 3.21. The van der Waals surface area contributed by atoms with Crippen LogP contribution in [0.25, 0.3) is 0 Å². The maximum absolute atomic E-state index is 12.7. The number of benzene rings is 2. The molecular formula is C19H21ClN2O4S. The van der Waals surface area contributed by atoms with E-state index in [2.05, 4.69) is 5.32 Å². The van der Waals surface area contributed by atoms with Gasteiger partial charge in [0.1, 0.15) is 5.75 Å². The van der Waals surface area contributed by atoms with Crippen LogP contribution < -0.4 is 14.4 Å². The number of hydrogen-bond acceptors (Lipinski definition) is 4. The quantitative estimate of drug-likeness (QED) is 0.843. The van der Waals surface area contributed by atoms with E-state index in [4.69, 9.17) is 16.3 Å². The van der Waals surface area contributed by atoms with E-state index in [9.17, 15) is 13.2 Å². The Bertz CT molecular complexity index is 991.